The van der Waals surface area contributed by atoms with Crippen LogP contribution in [-0.2, 0) is 31.0 Å². The van der Waals surface area contributed by atoms with Gasteiger partial charge in [0, 0.05) is 60.5 Å². The number of fused-ring (bicyclic) bond motifs is 2. The van der Waals surface area contributed by atoms with Crippen molar-refractivity contribution < 1.29 is 32.3 Å². The molecule has 2 fully saturated rings. The lowest BCUT2D eigenvalue weighted by Crippen LogP contribution is -2.56. The van der Waals surface area contributed by atoms with Gasteiger partial charge in [-0.3, -0.25) is 14.4 Å². The standard InChI is InChI=1S/C41H41N5O7S/c1-26(47)46-25-31(53-36-23-33(27-11-6-5-7-12-27)42-34-21-30(52-2)16-17-32(34)36)22-35(46)39(48)43-41-24-29(41)14-8-3-4-9-19-45-20-18-28-13-10-15-37(38(28)45)54(50,51)44-40(41)49/h5-8,10-18,20-21,23,29,31,35H,3-4,9,19,22,24-25H2,1-2H3,(H,43,48)(H,44,49)/b14-8-/t29-,31-,35+,41-/m1/s1. The molecule has 4 atom stereocenters. The predicted octanol–water partition coefficient (Wildman–Crippen LogP) is 5.35. The molecule has 0 bridgehead atoms. The quantitative estimate of drug-likeness (QED) is 0.221. The van der Waals surface area contributed by atoms with Crippen molar-refractivity contribution in [2.24, 2.45) is 5.92 Å². The second kappa shape index (κ2) is 13.9. The summed E-state index contributed by atoms with van der Waals surface area (Å²) < 4.78 is 44.0. The topological polar surface area (TPSA) is 149 Å². The zero-order valence-corrected chi connectivity index (χ0v) is 30.8. The Balaban J connectivity index is 1.07. The lowest BCUT2D eigenvalue weighted by atomic mass is 10.1. The summed E-state index contributed by atoms with van der Waals surface area (Å²) in [6.07, 6.45) is 8.03. The van der Waals surface area contributed by atoms with Gasteiger partial charge in [0.15, 0.2) is 0 Å². The van der Waals surface area contributed by atoms with Gasteiger partial charge >= 0.3 is 0 Å². The van der Waals surface area contributed by atoms with Crippen LogP contribution in [0.4, 0.5) is 0 Å². The van der Waals surface area contributed by atoms with E-state index >= 15 is 0 Å². The number of nitrogens with one attached hydrogen (secondary N) is 2. The zero-order valence-electron chi connectivity index (χ0n) is 30.0. The molecule has 1 aliphatic carbocycles. The van der Waals surface area contributed by atoms with Gasteiger partial charge in [0.2, 0.25) is 11.8 Å². The minimum atomic E-state index is -4.32. The van der Waals surface area contributed by atoms with Crippen molar-refractivity contribution in [3.63, 3.8) is 0 Å². The van der Waals surface area contributed by atoms with Gasteiger partial charge in [-0.2, -0.15) is 0 Å². The highest BCUT2D eigenvalue weighted by atomic mass is 32.2. The molecule has 3 aliphatic rings. The number of ether oxygens (including phenoxy) is 2. The molecule has 12 nitrogen and oxygen atoms in total. The predicted molar refractivity (Wildman–Crippen MR) is 203 cm³/mol. The molecule has 2 N–H and O–H groups in total. The number of aromatic nitrogens is 2. The molecule has 4 heterocycles. The number of para-hydroxylation sites is 1. The number of likely N-dealkylation sites (tertiary alicyclic amines) is 1. The first-order valence-electron chi connectivity index (χ1n) is 18.2. The highest BCUT2D eigenvalue weighted by Crippen LogP contribution is 2.46. The second-order valence-electron chi connectivity index (χ2n) is 14.3. The summed E-state index contributed by atoms with van der Waals surface area (Å²) in [5.41, 5.74) is 1.26. The molecule has 2 aromatic heterocycles. The largest absolute Gasteiger partial charge is 0.497 e. The number of carbonyl (C=O) groups is 3. The van der Waals surface area contributed by atoms with Gasteiger partial charge < -0.3 is 24.3 Å². The first-order chi connectivity index (χ1) is 26.1. The maximum absolute atomic E-state index is 14.2. The summed E-state index contributed by atoms with van der Waals surface area (Å²) in [5.74, 6) is -0.931. The van der Waals surface area contributed by atoms with Crippen LogP contribution in [0.1, 0.15) is 39.0 Å². The van der Waals surface area contributed by atoms with Gasteiger partial charge in [-0.1, -0.05) is 54.6 Å². The summed E-state index contributed by atoms with van der Waals surface area (Å²) in [6.45, 7) is 2.16. The van der Waals surface area contributed by atoms with Crippen molar-refractivity contribution in [2.75, 3.05) is 13.7 Å². The van der Waals surface area contributed by atoms with Crippen molar-refractivity contribution in [1.29, 1.82) is 0 Å². The van der Waals surface area contributed by atoms with Gasteiger partial charge in [-0.25, -0.2) is 18.1 Å². The molecule has 0 spiro atoms. The van der Waals surface area contributed by atoms with Crippen LogP contribution in [0.2, 0.25) is 0 Å². The Hall–Kier alpha value is -5.69. The van der Waals surface area contributed by atoms with Gasteiger partial charge in [-0.05, 0) is 49.9 Å². The number of carbonyl (C=O) groups excluding carboxylic acids is 3. The third-order valence-corrected chi connectivity index (χ3v) is 12.1. The van der Waals surface area contributed by atoms with E-state index in [9.17, 15) is 22.8 Å². The van der Waals surface area contributed by atoms with Crippen molar-refractivity contribution in [2.45, 2.75) is 68.2 Å². The van der Waals surface area contributed by atoms with E-state index in [2.05, 4.69) is 10.0 Å². The van der Waals surface area contributed by atoms with Crippen molar-refractivity contribution in [3.8, 4) is 22.8 Å². The van der Waals surface area contributed by atoms with E-state index in [1.54, 1.807) is 13.2 Å². The fourth-order valence-corrected chi connectivity index (χ4v) is 9.09. The number of pyridine rings is 1. The number of methoxy groups -OCH3 is 1. The molecule has 54 heavy (non-hydrogen) atoms. The molecule has 278 valence electrons. The molecule has 1 saturated carbocycles. The molecule has 13 heteroatoms. The first kappa shape index (κ1) is 35.3. The van der Waals surface area contributed by atoms with Crippen LogP contribution in [-0.4, -0.2) is 71.9 Å². The Morgan fingerprint density at radius 3 is 2.65 bits per heavy atom. The SMILES string of the molecule is COc1ccc2c(O[C@@H]3C[C@@H](C(=O)N[C@]45C[C@H]4/C=C\CCCCn4ccc6cccc(c64)S(=O)(=O)NC5=O)N(C(C)=O)C3)cc(-c3ccccc3)nc2c1. The first-order valence-corrected chi connectivity index (χ1v) is 19.7. The third-order valence-electron chi connectivity index (χ3n) is 10.7. The number of benzene rings is 3. The Morgan fingerprint density at radius 1 is 1.02 bits per heavy atom. The minimum absolute atomic E-state index is 0.000618. The zero-order chi connectivity index (χ0) is 37.6. The number of allylic oxidation sites excluding steroid dienone is 1. The normalized spacial score (nSPS) is 24.2. The Morgan fingerprint density at radius 2 is 1.85 bits per heavy atom. The molecule has 5 aromatic rings. The summed E-state index contributed by atoms with van der Waals surface area (Å²) in [6, 6.07) is 23.0. The number of amides is 3. The van der Waals surface area contributed by atoms with Crippen LogP contribution in [0.3, 0.4) is 0 Å². The number of hydrogen-bond donors (Lipinski definition) is 2. The average Bonchev–Trinajstić information content (AvgIpc) is 3.46. The van der Waals surface area contributed by atoms with E-state index in [-0.39, 0.29) is 30.2 Å². The molecule has 2 aliphatic heterocycles. The molecular weight excluding hydrogens is 707 g/mol. The van der Waals surface area contributed by atoms with Crippen LogP contribution >= 0.6 is 0 Å². The molecule has 1 saturated heterocycles. The number of sulfonamides is 1. The Labute approximate surface area is 313 Å². The van der Waals surface area contributed by atoms with Crippen LogP contribution in [0, 0.1) is 5.92 Å². The monoisotopic (exact) mass is 747 g/mol. The van der Waals surface area contributed by atoms with Gasteiger partial charge in [-0.15, -0.1) is 0 Å². The molecular formula is C41H41N5O7S. The smallest absolute Gasteiger partial charge is 0.266 e. The average molecular weight is 748 g/mol. The summed E-state index contributed by atoms with van der Waals surface area (Å²) in [4.78, 5) is 47.6. The summed E-state index contributed by atoms with van der Waals surface area (Å²) in [7, 11) is -2.73. The molecule has 0 unspecified atom stereocenters. The van der Waals surface area contributed by atoms with E-state index in [4.69, 9.17) is 14.5 Å². The van der Waals surface area contributed by atoms with E-state index < -0.39 is 45.4 Å². The van der Waals surface area contributed by atoms with Gasteiger partial charge in [0.05, 0.1) is 30.4 Å². The number of aryl methyl sites for hydroxylation is 1. The Bertz CT molecular complexity index is 2430. The third kappa shape index (κ3) is 6.57. The van der Waals surface area contributed by atoms with Crippen LogP contribution in [0.5, 0.6) is 11.5 Å². The lowest BCUT2D eigenvalue weighted by Gasteiger charge is -2.25. The number of rotatable bonds is 6. The fourth-order valence-electron chi connectivity index (χ4n) is 7.80. The lowest BCUT2D eigenvalue weighted by molar-refractivity contribution is -0.138. The van der Waals surface area contributed by atoms with E-state index in [0.29, 0.717) is 34.8 Å². The Kier molecular flexibility index (Phi) is 9.13. The second-order valence-corrected chi connectivity index (χ2v) is 15.9. The number of nitrogens with zero attached hydrogens (tertiary/aromatic N) is 3. The van der Waals surface area contributed by atoms with E-state index in [1.165, 1.54) is 17.9 Å². The maximum atomic E-state index is 14.2. The molecule has 3 aromatic carbocycles. The van der Waals surface area contributed by atoms with E-state index in [0.717, 1.165) is 35.6 Å². The van der Waals surface area contributed by atoms with Crippen molar-refractivity contribution >= 4 is 49.6 Å². The molecule has 8 rings (SSSR count). The highest BCUT2D eigenvalue weighted by Gasteiger charge is 2.61. The van der Waals surface area contributed by atoms with E-state index in [1.807, 2.05) is 89.6 Å². The maximum Gasteiger partial charge on any atom is 0.266 e. The van der Waals surface area contributed by atoms with Gasteiger partial charge in [0.25, 0.3) is 15.9 Å². The van der Waals surface area contributed by atoms with Crippen LogP contribution < -0.4 is 19.5 Å². The molecule has 3 amide bonds. The fraction of sp³-hybridized carbons (Fsp3) is 0.317. The minimum Gasteiger partial charge on any atom is -0.497 e. The van der Waals surface area contributed by atoms with Gasteiger partial charge in [0.1, 0.15) is 34.1 Å². The number of hydrogen-bond acceptors (Lipinski definition) is 8. The highest BCUT2D eigenvalue weighted by molar-refractivity contribution is 7.90. The van der Waals surface area contributed by atoms with Crippen LogP contribution in [0.25, 0.3) is 33.1 Å². The van der Waals surface area contributed by atoms with Crippen molar-refractivity contribution in [3.05, 3.63) is 97.2 Å². The van der Waals surface area contributed by atoms with Crippen molar-refractivity contribution in [1.82, 2.24) is 24.5 Å². The van der Waals surface area contributed by atoms with Crippen LogP contribution in [0.15, 0.2) is 102 Å². The summed E-state index contributed by atoms with van der Waals surface area (Å²) >= 11 is 0. The molecule has 0 radical (unpaired) electrons. The summed E-state index contributed by atoms with van der Waals surface area (Å²) in [5, 5.41) is 4.41.